The molecule has 9 heteroatoms. The van der Waals surface area contributed by atoms with Crippen LogP contribution in [0, 0.1) is 0 Å². The highest BCUT2D eigenvalue weighted by Crippen LogP contribution is 2.41. The summed E-state index contributed by atoms with van der Waals surface area (Å²) in [5.41, 5.74) is 4.36. The number of rotatable bonds is 7. The first-order valence-electron chi connectivity index (χ1n) is 11.3. The number of anilines is 2. The summed E-state index contributed by atoms with van der Waals surface area (Å²) < 4.78 is 20.7. The molecule has 3 aromatic heterocycles. The molecule has 0 amide bonds. The summed E-state index contributed by atoms with van der Waals surface area (Å²) in [6.45, 7) is 4.25. The second-order valence-electron chi connectivity index (χ2n) is 8.53. The predicted molar refractivity (Wildman–Crippen MR) is 137 cm³/mol. The molecule has 0 spiro atoms. The van der Waals surface area contributed by atoms with E-state index in [9.17, 15) is 0 Å². The molecule has 0 radical (unpaired) electrons. The van der Waals surface area contributed by atoms with Crippen molar-refractivity contribution in [2.45, 2.75) is 19.9 Å². The van der Waals surface area contributed by atoms with Crippen molar-refractivity contribution in [3.05, 3.63) is 48.9 Å². The Labute approximate surface area is 203 Å². The van der Waals surface area contributed by atoms with Crippen molar-refractivity contribution in [1.29, 1.82) is 0 Å². The lowest BCUT2D eigenvalue weighted by molar-refractivity contribution is 0.324. The molecular weight excluding hydrogens is 444 g/mol. The van der Waals surface area contributed by atoms with Gasteiger partial charge in [-0.3, -0.25) is 0 Å². The number of nitrogens with zero attached hydrogens (tertiary/aromatic N) is 5. The van der Waals surface area contributed by atoms with Crippen molar-refractivity contribution in [1.82, 2.24) is 24.1 Å². The third kappa shape index (κ3) is 3.78. The lowest BCUT2D eigenvalue weighted by Gasteiger charge is -2.15. The Bertz CT molecular complexity index is 1510. The quantitative estimate of drug-likeness (QED) is 0.342. The van der Waals surface area contributed by atoms with E-state index in [1.54, 1.807) is 27.7 Å². The lowest BCUT2D eigenvalue weighted by Crippen LogP contribution is -2.04. The molecule has 0 saturated heterocycles. The summed E-state index contributed by atoms with van der Waals surface area (Å²) in [4.78, 5) is 14.1. The molecule has 5 rings (SSSR count). The molecule has 0 unspecified atom stereocenters. The first-order chi connectivity index (χ1) is 16.9. The topological polar surface area (TPSA) is 88.2 Å². The number of ether oxygens (including phenoxy) is 3. The molecule has 3 heterocycles. The Morgan fingerprint density at radius 2 is 1.66 bits per heavy atom. The largest absolute Gasteiger partial charge is 0.493 e. The summed E-state index contributed by atoms with van der Waals surface area (Å²) in [5.74, 6) is 3.05. The van der Waals surface area contributed by atoms with Crippen LogP contribution in [0.15, 0.2) is 48.9 Å². The van der Waals surface area contributed by atoms with Crippen LogP contribution >= 0.6 is 0 Å². The van der Waals surface area contributed by atoms with Gasteiger partial charge in [0.1, 0.15) is 12.2 Å². The van der Waals surface area contributed by atoms with Gasteiger partial charge in [-0.25, -0.2) is 15.0 Å². The fraction of sp³-hybridized carbons (Fsp3) is 0.269. The van der Waals surface area contributed by atoms with E-state index in [2.05, 4.69) is 68.7 Å². The highest BCUT2D eigenvalue weighted by molar-refractivity contribution is 5.90. The van der Waals surface area contributed by atoms with Crippen LogP contribution in [-0.2, 0) is 7.05 Å². The highest BCUT2D eigenvalue weighted by Gasteiger charge is 2.21. The number of benzene rings is 2. The van der Waals surface area contributed by atoms with Crippen molar-refractivity contribution < 1.29 is 14.2 Å². The second kappa shape index (κ2) is 8.83. The minimum atomic E-state index is 0.144. The third-order valence-corrected chi connectivity index (χ3v) is 6.06. The van der Waals surface area contributed by atoms with Crippen molar-refractivity contribution in [2.24, 2.45) is 7.05 Å². The number of nitrogens with one attached hydrogen (secondary N) is 1. The van der Waals surface area contributed by atoms with Crippen LogP contribution in [0.25, 0.3) is 33.5 Å². The van der Waals surface area contributed by atoms with E-state index >= 15 is 0 Å². The van der Waals surface area contributed by atoms with Gasteiger partial charge < -0.3 is 28.7 Å². The molecule has 1 N–H and O–H groups in total. The highest BCUT2D eigenvalue weighted by atomic mass is 16.5. The Hall–Kier alpha value is -4.27. The molecule has 180 valence electrons. The molecule has 5 aromatic rings. The van der Waals surface area contributed by atoms with Gasteiger partial charge in [-0.1, -0.05) is 0 Å². The lowest BCUT2D eigenvalue weighted by atomic mass is 10.1. The molecule has 9 nitrogen and oxygen atoms in total. The number of methoxy groups -OCH3 is 3. The zero-order valence-corrected chi connectivity index (χ0v) is 20.7. The van der Waals surface area contributed by atoms with Crippen LogP contribution in [0.5, 0.6) is 17.2 Å². The van der Waals surface area contributed by atoms with Gasteiger partial charge >= 0.3 is 0 Å². The van der Waals surface area contributed by atoms with Gasteiger partial charge in [0.05, 0.1) is 21.3 Å². The number of aromatic nitrogens is 5. The molecule has 0 aliphatic rings. The van der Waals surface area contributed by atoms with Gasteiger partial charge in [-0.2, -0.15) is 0 Å². The van der Waals surface area contributed by atoms with Crippen LogP contribution in [0.4, 0.5) is 11.5 Å². The van der Waals surface area contributed by atoms with Crippen molar-refractivity contribution in [2.75, 3.05) is 26.6 Å². The van der Waals surface area contributed by atoms with Gasteiger partial charge in [0.15, 0.2) is 28.5 Å². The second-order valence-corrected chi connectivity index (χ2v) is 8.53. The Morgan fingerprint density at radius 1 is 0.914 bits per heavy atom. The normalized spacial score (nSPS) is 11.4. The summed E-state index contributed by atoms with van der Waals surface area (Å²) >= 11 is 0. The predicted octanol–water partition coefficient (Wildman–Crippen LogP) is 5.34. The van der Waals surface area contributed by atoms with Gasteiger partial charge in [-0.15, -0.1) is 0 Å². The maximum absolute atomic E-state index is 5.49. The molecule has 0 fully saturated rings. The molecular formula is C26H28N6O3. The van der Waals surface area contributed by atoms with Gasteiger partial charge in [0, 0.05) is 53.6 Å². The molecule has 0 aliphatic heterocycles. The molecule has 0 bridgehead atoms. The van der Waals surface area contributed by atoms with Crippen LogP contribution in [-0.4, -0.2) is 45.4 Å². The van der Waals surface area contributed by atoms with Gasteiger partial charge in [0.25, 0.3) is 0 Å². The number of aryl methyl sites for hydroxylation is 1. The number of hydrogen-bond acceptors (Lipinski definition) is 7. The number of hydrogen-bond donors (Lipinski definition) is 1. The van der Waals surface area contributed by atoms with E-state index in [0.29, 0.717) is 28.6 Å². The summed E-state index contributed by atoms with van der Waals surface area (Å²) in [5, 5.41) is 4.53. The van der Waals surface area contributed by atoms with E-state index < -0.39 is 0 Å². The summed E-state index contributed by atoms with van der Waals surface area (Å²) in [6.07, 6.45) is 3.61. The standard InChI is InChI=1S/C26H28N6O3/c1-15(2)32-25(17-7-8-19-16(11-17)9-10-31(19)3)30-22-24(27-14-28-26(22)32)29-18-12-20(33-4)23(35-6)21(13-18)34-5/h7-15H,1-6H3,(H,27,28,29). The molecule has 0 atom stereocenters. The maximum Gasteiger partial charge on any atom is 0.203 e. The Morgan fingerprint density at radius 3 is 2.31 bits per heavy atom. The van der Waals surface area contributed by atoms with Gasteiger partial charge in [-0.05, 0) is 38.1 Å². The summed E-state index contributed by atoms with van der Waals surface area (Å²) in [6, 6.07) is 12.3. The van der Waals surface area contributed by atoms with E-state index in [1.807, 2.05) is 19.2 Å². The van der Waals surface area contributed by atoms with Crippen molar-refractivity contribution in [3.63, 3.8) is 0 Å². The van der Waals surface area contributed by atoms with Crippen LogP contribution in [0.1, 0.15) is 19.9 Å². The smallest absolute Gasteiger partial charge is 0.203 e. The van der Waals surface area contributed by atoms with Crippen LogP contribution in [0.3, 0.4) is 0 Å². The average molecular weight is 473 g/mol. The zero-order chi connectivity index (χ0) is 24.7. The Kier molecular flexibility index (Phi) is 5.68. The van der Waals surface area contributed by atoms with E-state index in [1.165, 1.54) is 5.52 Å². The minimum absolute atomic E-state index is 0.144. The Balaban J connectivity index is 1.64. The molecule has 0 aliphatic carbocycles. The number of imidazole rings is 1. The van der Waals surface area contributed by atoms with Crippen molar-refractivity contribution in [3.8, 4) is 28.6 Å². The fourth-order valence-corrected chi connectivity index (χ4v) is 4.40. The maximum atomic E-state index is 5.49. The van der Waals surface area contributed by atoms with E-state index in [4.69, 9.17) is 19.2 Å². The average Bonchev–Trinajstić information content (AvgIpc) is 3.44. The third-order valence-electron chi connectivity index (χ3n) is 6.06. The monoisotopic (exact) mass is 472 g/mol. The van der Waals surface area contributed by atoms with Gasteiger partial charge in [0.2, 0.25) is 5.75 Å². The number of fused-ring (bicyclic) bond motifs is 2. The minimum Gasteiger partial charge on any atom is -0.493 e. The first kappa shape index (κ1) is 22.5. The first-order valence-corrected chi connectivity index (χ1v) is 11.3. The van der Waals surface area contributed by atoms with E-state index in [-0.39, 0.29) is 6.04 Å². The molecule has 35 heavy (non-hydrogen) atoms. The van der Waals surface area contributed by atoms with Crippen LogP contribution in [0.2, 0.25) is 0 Å². The molecule has 2 aromatic carbocycles. The van der Waals surface area contributed by atoms with Crippen molar-refractivity contribution >= 4 is 33.6 Å². The fourth-order valence-electron chi connectivity index (χ4n) is 4.40. The molecule has 0 saturated carbocycles. The SMILES string of the molecule is COc1cc(Nc2ncnc3c2nc(-c2ccc4c(ccn4C)c2)n3C(C)C)cc(OC)c1OC. The zero-order valence-electron chi connectivity index (χ0n) is 20.7. The summed E-state index contributed by atoms with van der Waals surface area (Å²) in [7, 11) is 6.80. The van der Waals surface area contributed by atoms with Crippen LogP contribution < -0.4 is 19.5 Å². The van der Waals surface area contributed by atoms with E-state index in [0.717, 1.165) is 28.1 Å².